The van der Waals surface area contributed by atoms with Crippen molar-refractivity contribution in [2.24, 2.45) is 5.92 Å². The number of halogens is 1. The minimum atomic E-state index is -1.19. The number of benzene rings is 1. The molecule has 5 nitrogen and oxygen atoms in total. The molecule has 0 aromatic heterocycles. The highest BCUT2D eigenvalue weighted by molar-refractivity contribution is 5.95. The lowest BCUT2D eigenvalue weighted by molar-refractivity contribution is -0.161. The maximum absolute atomic E-state index is 14.1. The van der Waals surface area contributed by atoms with Gasteiger partial charge in [-0.1, -0.05) is 12.1 Å². The molecule has 0 aliphatic carbocycles. The quantitative estimate of drug-likeness (QED) is 0.570. The number of ether oxygens (including phenoxy) is 3. The van der Waals surface area contributed by atoms with Crippen molar-refractivity contribution < 1.29 is 28.2 Å². The first-order valence-electron chi connectivity index (χ1n) is 6.69. The lowest BCUT2D eigenvalue weighted by Crippen LogP contribution is -2.30. The zero-order chi connectivity index (χ0) is 15.8. The van der Waals surface area contributed by atoms with Crippen LogP contribution < -0.4 is 4.74 Å². The molecule has 0 heterocycles. The van der Waals surface area contributed by atoms with Crippen LogP contribution in [0.5, 0.6) is 5.75 Å². The monoisotopic (exact) mass is 298 g/mol. The van der Waals surface area contributed by atoms with Crippen molar-refractivity contribution in [3.8, 4) is 5.75 Å². The van der Waals surface area contributed by atoms with E-state index in [0.29, 0.717) is 0 Å². The molecule has 0 unspecified atom stereocenters. The van der Waals surface area contributed by atoms with Crippen LogP contribution >= 0.6 is 0 Å². The molecule has 0 saturated heterocycles. The van der Waals surface area contributed by atoms with Gasteiger partial charge in [0.05, 0.1) is 20.3 Å². The lowest BCUT2D eigenvalue weighted by Gasteiger charge is -2.15. The first-order chi connectivity index (χ1) is 10.0. The number of hydrogen-bond acceptors (Lipinski definition) is 5. The maximum Gasteiger partial charge on any atom is 0.320 e. The zero-order valence-corrected chi connectivity index (χ0v) is 12.3. The van der Waals surface area contributed by atoms with E-state index >= 15 is 0 Å². The molecule has 0 saturated carbocycles. The van der Waals surface area contributed by atoms with Gasteiger partial charge in [0.2, 0.25) is 0 Å². The molecule has 21 heavy (non-hydrogen) atoms. The fourth-order valence-corrected chi connectivity index (χ4v) is 1.84. The van der Waals surface area contributed by atoms with Crippen LogP contribution in [-0.2, 0) is 25.5 Å². The Balaban J connectivity index is 3.00. The lowest BCUT2D eigenvalue weighted by atomic mass is 9.98. The van der Waals surface area contributed by atoms with Crippen LogP contribution in [0.1, 0.15) is 19.4 Å². The van der Waals surface area contributed by atoms with Gasteiger partial charge in [-0.3, -0.25) is 9.59 Å². The molecule has 0 fully saturated rings. The molecule has 1 aromatic carbocycles. The van der Waals surface area contributed by atoms with Gasteiger partial charge in [0.1, 0.15) is 0 Å². The summed E-state index contributed by atoms with van der Waals surface area (Å²) in [6, 6.07) is 4.54. The Bertz CT molecular complexity index is 483. The second-order valence-electron chi connectivity index (χ2n) is 4.19. The Morgan fingerprint density at radius 2 is 1.71 bits per heavy atom. The first kappa shape index (κ1) is 16.9. The molecular formula is C15H19FO5. The van der Waals surface area contributed by atoms with Gasteiger partial charge in [-0.05, 0) is 31.9 Å². The van der Waals surface area contributed by atoms with Gasteiger partial charge in [-0.15, -0.1) is 0 Å². The average molecular weight is 298 g/mol. The highest BCUT2D eigenvalue weighted by atomic mass is 19.1. The summed E-state index contributed by atoms with van der Waals surface area (Å²) in [7, 11) is 1.34. The highest BCUT2D eigenvalue weighted by Crippen LogP contribution is 2.23. The Kier molecular flexibility index (Phi) is 6.65. The molecule has 6 heteroatoms. The smallest absolute Gasteiger partial charge is 0.320 e. The summed E-state index contributed by atoms with van der Waals surface area (Å²) < 4.78 is 28.7. The SMILES string of the molecule is CCOC(=O)C(Cc1cccc(OC)c1F)C(=O)OCC. The van der Waals surface area contributed by atoms with Gasteiger partial charge < -0.3 is 14.2 Å². The summed E-state index contributed by atoms with van der Waals surface area (Å²) in [6.07, 6.45) is -0.138. The van der Waals surface area contributed by atoms with Gasteiger partial charge >= 0.3 is 11.9 Å². The van der Waals surface area contributed by atoms with Crippen LogP contribution in [0.3, 0.4) is 0 Å². The molecule has 116 valence electrons. The fourth-order valence-electron chi connectivity index (χ4n) is 1.84. The Morgan fingerprint density at radius 3 is 2.19 bits per heavy atom. The van der Waals surface area contributed by atoms with Gasteiger partial charge in [0.15, 0.2) is 17.5 Å². The molecule has 0 aliphatic heterocycles. The van der Waals surface area contributed by atoms with Crippen molar-refractivity contribution in [1.82, 2.24) is 0 Å². The average Bonchev–Trinajstić information content (AvgIpc) is 2.46. The second kappa shape index (κ2) is 8.24. The van der Waals surface area contributed by atoms with Gasteiger partial charge in [-0.2, -0.15) is 0 Å². The van der Waals surface area contributed by atoms with E-state index in [9.17, 15) is 14.0 Å². The Labute approximate surface area is 123 Å². The van der Waals surface area contributed by atoms with Gasteiger partial charge in [0.25, 0.3) is 0 Å². The second-order valence-corrected chi connectivity index (χ2v) is 4.19. The van der Waals surface area contributed by atoms with E-state index in [1.54, 1.807) is 19.9 Å². The number of esters is 2. The van der Waals surface area contributed by atoms with E-state index in [2.05, 4.69) is 0 Å². The molecule has 0 bridgehead atoms. The zero-order valence-electron chi connectivity index (χ0n) is 12.3. The van der Waals surface area contributed by atoms with Crippen LogP contribution in [0.4, 0.5) is 4.39 Å². The van der Waals surface area contributed by atoms with Crippen LogP contribution in [0.15, 0.2) is 18.2 Å². The minimum Gasteiger partial charge on any atom is -0.494 e. The normalized spacial score (nSPS) is 10.3. The predicted molar refractivity (Wildman–Crippen MR) is 73.4 cm³/mol. The van der Waals surface area contributed by atoms with Crippen LogP contribution in [0, 0.1) is 11.7 Å². The summed E-state index contributed by atoms with van der Waals surface area (Å²) >= 11 is 0. The van der Waals surface area contributed by atoms with E-state index in [1.165, 1.54) is 19.2 Å². The van der Waals surface area contributed by atoms with Crippen molar-refractivity contribution in [2.75, 3.05) is 20.3 Å². The third kappa shape index (κ3) is 4.44. The van der Waals surface area contributed by atoms with Gasteiger partial charge in [0, 0.05) is 0 Å². The summed E-state index contributed by atoms with van der Waals surface area (Å²) in [5.41, 5.74) is 0.195. The van der Waals surface area contributed by atoms with Crippen LogP contribution in [-0.4, -0.2) is 32.3 Å². The van der Waals surface area contributed by atoms with Crippen molar-refractivity contribution in [3.63, 3.8) is 0 Å². The first-order valence-corrected chi connectivity index (χ1v) is 6.69. The van der Waals surface area contributed by atoms with E-state index in [-0.39, 0.29) is 30.9 Å². The molecule has 1 aromatic rings. The molecule has 0 radical (unpaired) electrons. The van der Waals surface area contributed by atoms with Crippen molar-refractivity contribution in [1.29, 1.82) is 0 Å². The van der Waals surface area contributed by atoms with Crippen LogP contribution in [0.2, 0.25) is 0 Å². The summed E-state index contributed by atoms with van der Waals surface area (Å²) in [5, 5.41) is 0. The van der Waals surface area contributed by atoms with E-state index < -0.39 is 23.7 Å². The number of methoxy groups -OCH3 is 1. The van der Waals surface area contributed by atoms with E-state index in [1.807, 2.05) is 0 Å². The van der Waals surface area contributed by atoms with E-state index in [0.717, 1.165) is 0 Å². The molecule has 0 amide bonds. The van der Waals surface area contributed by atoms with Crippen LogP contribution in [0.25, 0.3) is 0 Å². The molecule has 0 N–H and O–H groups in total. The standard InChI is InChI=1S/C15H19FO5/c1-4-20-14(17)11(15(18)21-5-2)9-10-7-6-8-12(19-3)13(10)16/h6-8,11H,4-5,9H2,1-3H3. The largest absolute Gasteiger partial charge is 0.494 e. The van der Waals surface area contributed by atoms with Crippen molar-refractivity contribution in [3.05, 3.63) is 29.6 Å². The Morgan fingerprint density at radius 1 is 1.14 bits per heavy atom. The highest BCUT2D eigenvalue weighted by Gasteiger charge is 2.31. The summed E-state index contributed by atoms with van der Waals surface area (Å²) in [4.78, 5) is 23.7. The fraction of sp³-hybridized carbons (Fsp3) is 0.467. The minimum absolute atomic E-state index is 0.0546. The topological polar surface area (TPSA) is 61.8 Å². The molecule has 0 atom stereocenters. The molecule has 0 spiro atoms. The van der Waals surface area contributed by atoms with E-state index in [4.69, 9.17) is 14.2 Å². The third-order valence-electron chi connectivity index (χ3n) is 2.83. The number of carbonyl (C=O) groups is 2. The number of carbonyl (C=O) groups excluding carboxylic acids is 2. The maximum atomic E-state index is 14.1. The molecule has 1 rings (SSSR count). The predicted octanol–water partition coefficient (Wildman–Crippen LogP) is 2.12. The molecular weight excluding hydrogens is 279 g/mol. The van der Waals surface area contributed by atoms with Crippen molar-refractivity contribution >= 4 is 11.9 Å². The van der Waals surface area contributed by atoms with Crippen molar-refractivity contribution in [2.45, 2.75) is 20.3 Å². The third-order valence-corrected chi connectivity index (χ3v) is 2.83. The Hall–Kier alpha value is -2.11. The number of hydrogen-bond donors (Lipinski definition) is 0. The molecule has 0 aliphatic rings. The summed E-state index contributed by atoms with van der Waals surface area (Å²) in [6.45, 7) is 3.53. The van der Waals surface area contributed by atoms with Gasteiger partial charge in [-0.25, -0.2) is 4.39 Å². The summed E-state index contributed by atoms with van der Waals surface area (Å²) in [5.74, 6) is -3.18. The number of rotatable bonds is 7.